The molecule has 0 saturated carbocycles. The fraction of sp³-hybridized carbons (Fsp3) is 0.500. The van der Waals surface area contributed by atoms with Crippen molar-refractivity contribution >= 4 is 17.2 Å². The van der Waals surface area contributed by atoms with Crippen LogP contribution in [0.1, 0.15) is 58.0 Å². The van der Waals surface area contributed by atoms with Crippen molar-refractivity contribution in [2.75, 3.05) is 26.2 Å². The van der Waals surface area contributed by atoms with Gasteiger partial charge in [-0.1, -0.05) is 18.2 Å². The molecule has 0 radical (unpaired) electrons. The van der Waals surface area contributed by atoms with Gasteiger partial charge in [0.2, 0.25) is 0 Å². The Labute approximate surface area is 160 Å². The van der Waals surface area contributed by atoms with E-state index in [9.17, 15) is 4.79 Å². The van der Waals surface area contributed by atoms with Gasteiger partial charge < -0.3 is 10.2 Å². The Hall–Kier alpha value is -1.65. The minimum absolute atomic E-state index is 0.222. The number of benzene rings is 1. The first-order chi connectivity index (χ1) is 12.6. The lowest BCUT2D eigenvalue weighted by Crippen LogP contribution is -2.27. The van der Waals surface area contributed by atoms with Crippen LogP contribution in [-0.4, -0.2) is 37.0 Å². The normalized spacial score (nSPS) is 18.5. The second kappa shape index (κ2) is 7.53. The van der Waals surface area contributed by atoms with Crippen LogP contribution < -0.4 is 5.32 Å². The number of carbonyl (C=O) groups is 1. The van der Waals surface area contributed by atoms with Crippen LogP contribution >= 0.6 is 11.3 Å². The number of nitrogens with zero attached hydrogens (tertiary/aromatic N) is 1. The average Bonchev–Trinajstić information content (AvgIpc) is 3.32. The van der Waals surface area contributed by atoms with Crippen LogP contribution in [0.25, 0.3) is 10.4 Å². The van der Waals surface area contributed by atoms with Crippen molar-refractivity contribution in [3.8, 4) is 10.4 Å². The Morgan fingerprint density at radius 3 is 2.50 bits per heavy atom. The summed E-state index contributed by atoms with van der Waals surface area (Å²) in [7, 11) is 0. The maximum atomic E-state index is 12.8. The summed E-state index contributed by atoms with van der Waals surface area (Å²) in [6.07, 6.45) is 4.73. The maximum Gasteiger partial charge on any atom is 0.264 e. The predicted molar refractivity (Wildman–Crippen MR) is 109 cm³/mol. The summed E-state index contributed by atoms with van der Waals surface area (Å²) < 4.78 is 0. The molecule has 2 aliphatic rings. The molecule has 4 rings (SSSR count). The summed E-state index contributed by atoms with van der Waals surface area (Å²) >= 11 is 1.66. The molecule has 3 nitrogen and oxygen atoms in total. The van der Waals surface area contributed by atoms with Crippen molar-refractivity contribution < 1.29 is 4.79 Å². The van der Waals surface area contributed by atoms with E-state index in [1.807, 2.05) is 4.90 Å². The highest BCUT2D eigenvalue weighted by atomic mass is 32.1. The number of carbonyl (C=O) groups excluding carboxylic acids is 1. The SMILES string of the molecule is Cc1cc(C2CCNCC2)ccc1-c1cc(C)c(C(=O)N2CCCC2)s1. The molecule has 0 atom stereocenters. The van der Waals surface area contributed by atoms with Crippen molar-refractivity contribution in [1.29, 1.82) is 0 Å². The largest absolute Gasteiger partial charge is 0.338 e. The highest BCUT2D eigenvalue weighted by Crippen LogP contribution is 2.36. The van der Waals surface area contributed by atoms with Crippen LogP contribution in [0, 0.1) is 13.8 Å². The van der Waals surface area contributed by atoms with E-state index in [0.717, 1.165) is 49.5 Å². The van der Waals surface area contributed by atoms with Crippen LogP contribution in [-0.2, 0) is 0 Å². The Balaban J connectivity index is 1.59. The zero-order valence-electron chi connectivity index (χ0n) is 15.8. The van der Waals surface area contributed by atoms with Crippen LogP contribution in [0.5, 0.6) is 0 Å². The minimum Gasteiger partial charge on any atom is -0.338 e. The van der Waals surface area contributed by atoms with E-state index >= 15 is 0 Å². The van der Waals surface area contributed by atoms with Crippen molar-refractivity contribution in [3.05, 3.63) is 45.8 Å². The maximum absolute atomic E-state index is 12.8. The van der Waals surface area contributed by atoms with Crippen LogP contribution in [0.15, 0.2) is 24.3 Å². The lowest BCUT2D eigenvalue weighted by molar-refractivity contribution is 0.0797. The third-order valence-corrected chi connectivity index (χ3v) is 7.09. The zero-order chi connectivity index (χ0) is 18.1. The zero-order valence-corrected chi connectivity index (χ0v) is 16.6. The second-order valence-electron chi connectivity index (χ2n) is 7.72. The molecule has 1 N–H and O–H groups in total. The highest BCUT2D eigenvalue weighted by Gasteiger charge is 2.24. The number of aryl methyl sites for hydroxylation is 2. The van der Waals surface area contributed by atoms with Gasteiger partial charge in [-0.05, 0) is 86.9 Å². The number of nitrogens with one attached hydrogen (secondary N) is 1. The van der Waals surface area contributed by atoms with Gasteiger partial charge in [0.15, 0.2) is 0 Å². The van der Waals surface area contributed by atoms with Crippen molar-refractivity contribution in [2.24, 2.45) is 0 Å². The van der Waals surface area contributed by atoms with E-state index in [-0.39, 0.29) is 5.91 Å². The summed E-state index contributed by atoms with van der Waals surface area (Å²) in [4.78, 5) is 16.9. The van der Waals surface area contributed by atoms with E-state index < -0.39 is 0 Å². The summed E-state index contributed by atoms with van der Waals surface area (Å²) in [6, 6.07) is 9.13. The number of likely N-dealkylation sites (tertiary alicyclic amines) is 1. The Morgan fingerprint density at radius 1 is 1.08 bits per heavy atom. The number of rotatable bonds is 3. The van der Waals surface area contributed by atoms with Gasteiger partial charge in [-0.2, -0.15) is 0 Å². The molecule has 2 aromatic rings. The molecule has 1 aromatic carbocycles. The second-order valence-corrected chi connectivity index (χ2v) is 8.77. The smallest absolute Gasteiger partial charge is 0.264 e. The molecule has 2 aliphatic heterocycles. The molecular formula is C22H28N2OS. The number of thiophene rings is 1. The molecule has 1 aromatic heterocycles. The summed E-state index contributed by atoms with van der Waals surface area (Å²) in [6.45, 7) is 8.35. The fourth-order valence-corrected chi connectivity index (χ4v) is 5.49. The molecule has 0 spiro atoms. The molecule has 0 bridgehead atoms. The van der Waals surface area contributed by atoms with E-state index in [4.69, 9.17) is 0 Å². The summed E-state index contributed by atoms with van der Waals surface area (Å²) in [5.41, 5.74) is 5.18. The molecule has 2 saturated heterocycles. The monoisotopic (exact) mass is 368 g/mol. The van der Waals surface area contributed by atoms with Crippen LogP contribution in [0.2, 0.25) is 0 Å². The van der Waals surface area contributed by atoms with Crippen molar-refractivity contribution in [1.82, 2.24) is 10.2 Å². The highest BCUT2D eigenvalue weighted by molar-refractivity contribution is 7.17. The molecule has 138 valence electrons. The van der Waals surface area contributed by atoms with Gasteiger partial charge >= 0.3 is 0 Å². The predicted octanol–water partition coefficient (Wildman–Crippen LogP) is 4.73. The lowest BCUT2D eigenvalue weighted by Gasteiger charge is -2.23. The van der Waals surface area contributed by atoms with Gasteiger partial charge in [0.25, 0.3) is 5.91 Å². The lowest BCUT2D eigenvalue weighted by atomic mass is 9.88. The third-order valence-electron chi connectivity index (χ3n) is 5.83. The van der Waals surface area contributed by atoms with Crippen molar-refractivity contribution in [2.45, 2.75) is 45.4 Å². The van der Waals surface area contributed by atoms with E-state index in [1.54, 1.807) is 11.3 Å². The van der Waals surface area contributed by atoms with Crippen LogP contribution in [0.4, 0.5) is 0 Å². The molecule has 4 heteroatoms. The molecule has 26 heavy (non-hydrogen) atoms. The van der Waals surface area contributed by atoms with E-state index in [1.165, 1.54) is 34.4 Å². The number of amides is 1. The van der Waals surface area contributed by atoms with Gasteiger partial charge in [0, 0.05) is 18.0 Å². The molecular weight excluding hydrogens is 340 g/mol. The number of hydrogen-bond acceptors (Lipinski definition) is 3. The molecule has 0 unspecified atom stereocenters. The standard InChI is InChI=1S/C22H28N2OS/c1-15-13-18(17-7-9-23-10-8-17)5-6-19(15)20-14-16(2)21(26-20)22(25)24-11-3-4-12-24/h5-6,13-14,17,23H,3-4,7-12H2,1-2H3. The topological polar surface area (TPSA) is 32.3 Å². The van der Waals surface area contributed by atoms with E-state index in [0.29, 0.717) is 5.92 Å². The van der Waals surface area contributed by atoms with Crippen molar-refractivity contribution in [3.63, 3.8) is 0 Å². The minimum atomic E-state index is 0.222. The number of piperidine rings is 1. The Morgan fingerprint density at radius 2 is 1.81 bits per heavy atom. The number of hydrogen-bond donors (Lipinski definition) is 1. The Kier molecular flexibility index (Phi) is 5.14. The third kappa shape index (κ3) is 3.45. The van der Waals surface area contributed by atoms with Gasteiger partial charge in [-0.25, -0.2) is 0 Å². The van der Waals surface area contributed by atoms with Gasteiger partial charge in [0.05, 0.1) is 4.88 Å². The van der Waals surface area contributed by atoms with E-state index in [2.05, 4.69) is 43.4 Å². The van der Waals surface area contributed by atoms with Gasteiger partial charge in [-0.15, -0.1) is 11.3 Å². The first-order valence-corrected chi connectivity index (χ1v) is 10.7. The van der Waals surface area contributed by atoms with Crippen LogP contribution in [0.3, 0.4) is 0 Å². The molecule has 3 heterocycles. The average molecular weight is 369 g/mol. The summed E-state index contributed by atoms with van der Waals surface area (Å²) in [5, 5.41) is 3.44. The first-order valence-electron chi connectivity index (χ1n) is 9.85. The van der Waals surface area contributed by atoms with Gasteiger partial charge in [0.1, 0.15) is 0 Å². The van der Waals surface area contributed by atoms with Gasteiger partial charge in [-0.3, -0.25) is 4.79 Å². The molecule has 2 fully saturated rings. The first kappa shape index (κ1) is 17.7. The molecule has 1 amide bonds. The molecule has 0 aliphatic carbocycles. The fourth-order valence-electron chi connectivity index (χ4n) is 4.26. The Bertz CT molecular complexity index is 798. The summed E-state index contributed by atoms with van der Waals surface area (Å²) in [5.74, 6) is 0.904. The quantitative estimate of drug-likeness (QED) is 0.849.